The van der Waals surface area contributed by atoms with Crippen molar-refractivity contribution in [2.75, 3.05) is 0 Å². The normalized spacial score (nSPS) is 18.6. The topological polar surface area (TPSA) is 18.9 Å². The molecule has 1 aliphatic rings. The molecule has 3 heteroatoms. The van der Waals surface area contributed by atoms with E-state index in [2.05, 4.69) is 79.8 Å². The molecule has 2 atom stereocenters. The highest BCUT2D eigenvalue weighted by atomic mass is 15.9. The maximum Gasteiger partial charge on any atom is 0.116 e. The molecule has 0 N–H and O–H groups in total. The SMILES string of the molecule is C=CCCC1N(C(=C)c2ccc(Cc3ccccn3)cc2C=C)N1C(C)(C)C. The molecule has 2 heterocycles. The summed E-state index contributed by atoms with van der Waals surface area (Å²) >= 11 is 0. The molecule has 2 aromatic rings. The van der Waals surface area contributed by atoms with E-state index in [1.165, 1.54) is 5.56 Å². The third-order valence-electron chi connectivity index (χ3n) is 5.09. The van der Waals surface area contributed by atoms with Gasteiger partial charge in [0, 0.05) is 29.4 Å². The second-order valence-electron chi connectivity index (χ2n) is 8.28. The highest BCUT2D eigenvalue weighted by molar-refractivity contribution is 5.73. The first-order valence-corrected chi connectivity index (χ1v) is 9.90. The van der Waals surface area contributed by atoms with Crippen molar-refractivity contribution in [3.63, 3.8) is 0 Å². The van der Waals surface area contributed by atoms with Gasteiger partial charge >= 0.3 is 0 Å². The number of pyridine rings is 1. The molecule has 1 aromatic heterocycles. The van der Waals surface area contributed by atoms with Gasteiger partial charge in [-0.25, -0.2) is 0 Å². The van der Waals surface area contributed by atoms with Gasteiger partial charge in [-0.2, -0.15) is 5.01 Å². The first-order valence-electron chi connectivity index (χ1n) is 9.90. The third kappa shape index (κ3) is 4.26. The van der Waals surface area contributed by atoms with Gasteiger partial charge in [0.2, 0.25) is 0 Å². The summed E-state index contributed by atoms with van der Waals surface area (Å²) in [7, 11) is 0. The maximum absolute atomic E-state index is 4.43. The van der Waals surface area contributed by atoms with Gasteiger partial charge in [-0.05, 0) is 56.9 Å². The van der Waals surface area contributed by atoms with Crippen LogP contribution in [-0.4, -0.2) is 26.7 Å². The Morgan fingerprint density at radius 1 is 1.18 bits per heavy atom. The van der Waals surface area contributed by atoms with Crippen LogP contribution in [0.5, 0.6) is 0 Å². The van der Waals surface area contributed by atoms with Crippen LogP contribution in [0.15, 0.2) is 68.4 Å². The zero-order chi connectivity index (χ0) is 20.3. The minimum Gasteiger partial charge on any atom is -0.284 e. The Morgan fingerprint density at radius 3 is 2.57 bits per heavy atom. The van der Waals surface area contributed by atoms with Crippen LogP contribution in [0.2, 0.25) is 0 Å². The molecule has 3 rings (SSSR count). The van der Waals surface area contributed by atoms with Crippen molar-refractivity contribution in [1.82, 2.24) is 15.0 Å². The van der Waals surface area contributed by atoms with E-state index in [0.717, 1.165) is 41.8 Å². The Labute approximate surface area is 169 Å². The molecule has 146 valence electrons. The van der Waals surface area contributed by atoms with Gasteiger partial charge in [-0.15, -0.1) is 6.58 Å². The molecule has 1 aromatic carbocycles. The summed E-state index contributed by atoms with van der Waals surface area (Å²) in [5.74, 6) is 0. The van der Waals surface area contributed by atoms with Crippen molar-refractivity contribution in [1.29, 1.82) is 0 Å². The van der Waals surface area contributed by atoms with Crippen LogP contribution in [0.25, 0.3) is 11.8 Å². The Kier molecular flexibility index (Phi) is 5.85. The highest BCUT2D eigenvalue weighted by Crippen LogP contribution is 2.44. The largest absolute Gasteiger partial charge is 0.284 e. The minimum atomic E-state index is 0.0576. The molecule has 1 saturated heterocycles. The molecule has 0 radical (unpaired) electrons. The van der Waals surface area contributed by atoms with E-state index in [1.807, 2.05) is 30.5 Å². The van der Waals surface area contributed by atoms with E-state index in [-0.39, 0.29) is 5.54 Å². The van der Waals surface area contributed by atoms with Crippen LogP contribution in [0.4, 0.5) is 0 Å². The molecule has 3 nitrogen and oxygen atoms in total. The van der Waals surface area contributed by atoms with Crippen LogP contribution in [-0.2, 0) is 6.42 Å². The third-order valence-corrected chi connectivity index (χ3v) is 5.09. The average Bonchev–Trinajstić information content (AvgIpc) is 3.41. The molecular formula is C25H31N3. The fraction of sp³-hybridized carbons (Fsp3) is 0.320. The van der Waals surface area contributed by atoms with E-state index in [9.17, 15) is 0 Å². The van der Waals surface area contributed by atoms with Crippen molar-refractivity contribution in [2.45, 2.75) is 51.7 Å². The summed E-state index contributed by atoms with van der Waals surface area (Å²) in [4.78, 5) is 4.43. The van der Waals surface area contributed by atoms with Gasteiger partial charge in [0.15, 0.2) is 0 Å². The van der Waals surface area contributed by atoms with Gasteiger partial charge in [-0.3, -0.25) is 9.99 Å². The zero-order valence-corrected chi connectivity index (χ0v) is 17.4. The lowest BCUT2D eigenvalue weighted by Gasteiger charge is -2.22. The fourth-order valence-electron chi connectivity index (χ4n) is 3.79. The van der Waals surface area contributed by atoms with Crippen molar-refractivity contribution in [3.8, 4) is 0 Å². The Balaban J connectivity index is 1.83. The monoisotopic (exact) mass is 373 g/mol. The van der Waals surface area contributed by atoms with Crippen LogP contribution >= 0.6 is 0 Å². The summed E-state index contributed by atoms with van der Waals surface area (Å²) in [6.45, 7) is 19.1. The van der Waals surface area contributed by atoms with Gasteiger partial charge < -0.3 is 0 Å². The quantitative estimate of drug-likeness (QED) is 0.423. The highest BCUT2D eigenvalue weighted by Gasteiger charge is 2.51. The molecule has 28 heavy (non-hydrogen) atoms. The number of rotatable bonds is 8. The van der Waals surface area contributed by atoms with Crippen LogP contribution < -0.4 is 0 Å². The number of allylic oxidation sites excluding steroid dienone is 1. The molecular weight excluding hydrogens is 342 g/mol. The molecule has 1 aliphatic heterocycles. The second kappa shape index (κ2) is 8.15. The van der Waals surface area contributed by atoms with Gasteiger partial charge in [0.05, 0.1) is 5.70 Å². The van der Waals surface area contributed by atoms with Crippen LogP contribution in [0.3, 0.4) is 0 Å². The van der Waals surface area contributed by atoms with Crippen molar-refractivity contribution in [3.05, 3.63) is 90.8 Å². The molecule has 0 spiro atoms. The second-order valence-corrected chi connectivity index (χ2v) is 8.28. The van der Waals surface area contributed by atoms with Crippen molar-refractivity contribution < 1.29 is 0 Å². The first kappa shape index (κ1) is 20.1. The molecule has 2 unspecified atom stereocenters. The molecule has 0 aliphatic carbocycles. The van der Waals surface area contributed by atoms with Gasteiger partial charge in [0.25, 0.3) is 0 Å². The van der Waals surface area contributed by atoms with E-state index < -0.39 is 0 Å². The molecule has 0 bridgehead atoms. The van der Waals surface area contributed by atoms with E-state index in [1.54, 1.807) is 0 Å². The van der Waals surface area contributed by atoms with Crippen LogP contribution in [0, 0.1) is 0 Å². The lowest BCUT2D eigenvalue weighted by Crippen LogP contribution is -2.29. The van der Waals surface area contributed by atoms with Crippen molar-refractivity contribution in [2.24, 2.45) is 0 Å². The zero-order valence-electron chi connectivity index (χ0n) is 17.4. The van der Waals surface area contributed by atoms with Gasteiger partial charge in [-0.1, -0.05) is 49.6 Å². The summed E-state index contributed by atoms with van der Waals surface area (Å²) < 4.78 is 0. The summed E-state index contributed by atoms with van der Waals surface area (Å²) in [6.07, 6.45) is 8.99. The smallest absolute Gasteiger partial charge is 0.116 e. The van der Waals surface area contributed by atoms with E-state index in [4.69, 9.17) is 0 Å². The molecule has 0 amide bonds. The Morgan fingerprint density at radius 2 is 1.96 bits per heavy atom. The lowest BCUT2D eigenvalue weighted by atomic mass is 9.99. The maximum atomic E-state index is 4.43. The van der Waals surface area contributed by atoms with E-state index in [0.29, 0.717) is 6.17 Å². The number of hydrazine groups is 1. The standard InChI is InChI=1S/C25H31N3/c1-7-9-13-24-27(28(24)25(4,5)6)19(3)23-15-14-20(17-21(23)8-2)18-22-12-10-11-16-26-22/h7-8,10-12,14-17,24H,1-3,9,13,18H2,4-6H3. The Hall–Kier alpha value is -2.65. The number of hydrogen-bond donors (Lipinski definition) is 0. The average molecular weight is 374 g/mol. The number of hydrogen-bond acceptors (Lipinski definition) is 3. The summed E-state index contributed by atoms with van der Waals surface area (Å²) in [6, 6.07) is 12.6. The number of benzene rings is 1. The minimum absolute atomic E-state index is 0.0576. The molecule has 1 fully saturated rings. The lowest BCUT2D eigenvalue weighted by molar-refractivity contribution is 0.215. The summed E-state index contributed by atoms with van der Waals surface area (Å²) in [5, 5.41) is 4.73. The Bertz CT molecular complexity index is 861. The number of aromatic nitrogens is 1. The summed E-state index contributed by atoms with van der Waals surface area (Å²) in [5.41, 5.74) is 5.63. The van der Waals surface area contributed by atoms with Crippen molar-refractivity contribution >= 4 is 11.8 Å². The number of nitrogens with zero attached hydrogens (tertiary/aromatic N) is 3. The van der Waals surface area contributed by atoms with Crippen LogP contribution in [0.1, 0.15) is 56.0 Å². The predicted molar refractivity (Wildman–Crippen MR) is 119 cm³/mol. The van der Waals surface area contributed by atoms with E-state index >= 15 is 0 Å². The predicted octanol–water partition coefficient (Wildman–Crippen LogP) is 5.91. The fourth-order valence-corrected chi connectivity index (χ4v) is 3.79. The van der Waals surface area contributed by atoms with Gasteiger partial charge in [0.1, 0.15) is 6.17 Å². The first-order chi connectivity index (χ1) is 13.4. The molecule has 0 saturated carbocycles.